The summed E-state index contributed by atoms with van der Waals surface area (Å²) in [6, 6.07) is 12.1. The summed E-state index contributed by atoms with van der Waals surface area (Å²) in [6.07, 6.45) is 11.5. The fraction of sp³-hybridized carbons (Fsp3) is 0.488. The molecule has 0 bridgehead atoms. The molecule has 0 saturated carbocycles. The number of nitrogens with zero attached hydrogens (tertiary/aromatic N) is 7. The molecule has 0 aliphatic carbocycles. The number of aliphatic hydroxyl groups excluding tert-OH is 1. The number of ether oxygens (including phenoxy) is 4. The Morgan fingerprint density at radius 1 is 1.00 bits per heavy atom. The largest absolute Gasteiger partial charge is 0.444 e. The molecule has 15 nitrogen and oxygen atoms in total. The summed E-state index contributed by atoms with van der Waals surface area (Å²) >= 11 is 0. The number of carbonyl (C=O) groups is 1. The van der Waals surface area contributed by atoms with Crippen LogP contribution in [0.3, 0.4) is 0 Å². The molecule has 4 aromatic heterocycles. The quantitative estimate of drug-likeness (QED) is 0.155. The number of pyridine rings is 2. The molecule has 3 aliphatic rings. The lowest BCUT2D eigenvalue weighted by Gasteiger charge is -2.35. The lowest BCUT2D eigenvalue weighted by Crippen LogP contribution is -2.47. The molecule has 2 unspecified atom stereocenters. The van der Waals surface area contributed by atoms with Crippen LogP contribution in [0.2, 0.25) is 0 Å². The van der Waals surface area contributed by atoms with Gasteiger partial charge in [0, 0.05) is 67.4 Å². The summed E-state index contributed by atoms with van der Waals surface area (Å²) in [7, 11) is 0. The Balaban J connectivity index is 0.000000757. The number of hydrogen-bond acceptors (Lipinski definition) is 12. The molecule has 0 spiro atoms. The summed E-state index contributed by atoms with van der Waals surface area (Å²) in [5, 5.41) is 26.0. The van der Waals surface area contributed by atoms with E-state index in [0.717, 1.165) is 81.8 Å². The number of fused-ring (bicyclic) bond motifs is 1. The maximum atomic E-state index is 15.2. The number of benzene rings is 1. The Labute approximate surface area is 331 Å². The van der Waals surface area contributed by atoms with Crippen molar-refractivity contribution in [3.8, 4) is 5.69 Å². The molecule has 304 valence electrons. The minimum atomic E-state index is -0.544. The molecule has 0 radical (unpaired) electrons. The van der Waals surface area contributed by atoms with E-state index in [-0.39, 0.29) is 36.7 Å². The van der Waals surface area contributed by atoms with Gasteiger partial charge in [0.15, 0.2) is 0 Å². The van der Waals surface area contributed by atoms with Gasteiger partial charge in [-0.2, -0.15) is 10.2 Å². The van der Waals surface area contributed by atoms with Gasteiger partial charge in [-0.1, -0.05) is 0 Å². The van der Waals surface area contributed by atoms with E-state index in [4.69, 9.17) is 29.0 Å². The highest BCUT2D eigenvalue weighted by atomic mass is 19.1. The fourth-order valence-corrected chi connectivity index (χ4v) is 6.91. The molecule has 1 aromatic carbocycles. The maximum Gasteiger partial charge on any atom is 0.410 e. The second kappa shape index (κ2) is 18.5. The van der Waals surface area contributed by atoms with Gasteiger partial charge in [-0.15, -0.1) is 0 Å². The van der Waals surface area contributed by atoms with E-state index in [1.165, 1.54) is 10.7 Å². The van der Waals surface area contributed by atoms with E-state index in [1.54, 1.807) is 35.5 Å². The van der Waals surface area contributed by atoms with Crippen LogP contribution in [0.1, 0.15) is 82.1 Å². The van der Waals surface area contributed by atoms with Gasteiger partial charge in [0.25, 0.3) is 0 Å². The van der Waals surface area contributed by atoms with E-state index in [1.807, 2.05) is 56.0 Å². The number of carbonyl (C=O) groups excluding carboxylic acids is 1. The van der Waals surface area contributed by atoms with E-state index in [9.17, 15) is 9.90 Å². The monoisotopic (exact) mass is 785 g/mol. The zero-order valence-corrected chi connectivity index (χ0v) is 32.8. The minimum absolute atomic E-state index is 0.0958. The van der Waals surface area contributed by atoms with Crippen LogP contribution < -0.4 is 10.6 Å². The van der Waals surface area contributed by atoms with Crippen LogP contribution in [0.25, 0.3) is 16.6 Å². The lowest BCUT2D eigenvalue weighted by atomic mass is 10.00. The number of halogens is 1. The van der Waals surface area contributed by atoms with Crippen molar-refractivity contribution in [2.75, 3.05) is 51.4 Å². The Morgan fingerprint density at radius 2 is 1.79 bits per heavy atom. The summed E-state index contributed by atoms with van der Waals surface area (Å²) in [6.45, 7) is 10.4. The van der Waals surface area contributed by atoms with Gasteiger partial charge in [0.1, 0.15) is 23.5 Å². The van der Waals surface area contributed by atoms with Gasteiger partial charge in [-0.25, -0.2) is 23.5 Å². The number of aromatic nitrogens is 6. The molecule has 3 aliphatic heterocycles. The van der Waals surface area contributed by atoms with Crippen LogP contribution in [0, 0.1) is 5.82 Å². The number of nitrogens with one attached hydrogen (secondary N) is 2. The zero-order chi connectivity index (χ0) is 39.8. The summed E-state index contributed by atoms with van der Waals surface area (Å²) in [5.74, 6) is -0.0279. The van der Waals surface area contributed by atoms with Crippen molar-refractivity contribution in [2.24, 2.45) is 0 Å². The van der Waals surface area contributed by atoms with Crippen LogP contribution in [-0.4, -0.2) is 103 Å². The second-order valence-electron chi connectivity index (χ2n) is 15.3. The molecule has 16 heteroatoms. The third-order valence-electron chi connectivity index (χ3n) is 9.88. The number of piperidine rings is 1. The molecule has 5 aromatic rings. The van der Waals surface area contributed by atoms with Crippen molar-refractivity contribution in [3.63, 3.8) is 0 Å². The van der Waals surface area contributed by atoms with Crippen molar-refractivity contribution >= 4 is 28.5 Å². The van der Waals surface area contributed by atoms with Gasteiger partial charge < -0.3 is 39.6 Å². The molecule has 1 amide bonds. The van der Waals surface area contributed by atoms with Gasteiger partial charge >= 0.3 is 6.09 Å². The molecule has 3 fully saturated rings. The predicted molar refractivity (Wildman–Crippen MR) is 211 cm³/mol. The van der Waals surface area contributed by atoms with Gasteiger partial charge in [-0.05, 0) is 83.2 Å². The van der Waals surface area contributed by atoms with Gasteiger partial charge in [-0.3, -0.25) is 4.98 Å². The first-order valence-electron chi connectivity index (χ1n) is 19.7. The SMILES string of the molecule is C1COCCO1.CC(C)(C)OC(=O)N1CCC(NC(c2cnn(C3CCCCO3)c2)c2ccc3cnc(Nc4ccc(-n5ccc(CO)n5)cc4F)cc3n2)CC1. The molecule has 8 rings (SSSR count). The molecule has 7 heterocycles. The van der Waals surface area contributed by atoms with Crippen molar-refractivity contribution in [1.82, 2.24) is 39.7 Å². The Hall–Kier alpha value is -5.00. The molecular weight excluding hydrogens is 734 g/mol. The third kappa shape index (κ3) is 10.7. The van der Waals surface area contributed by atoms with Crippen molar-refractivity contribution < 1.29 is 33.2 Å². The zero-order valence-electron chi connectivity index (χ0n) is 32.8. The van der Waals surface area contributed by atoms with Crippen LogP contribution in [0.5, 0.6) is 0 Å². The van der Waals surface area contributed by atoms with Crippen molar-refractivity contribution in [1.29, 1.82) is 0 Å². The molecule has 3 N–H and O–H groups in total. The summed E-state index contributed by atoms with van der Waals surface area (Å²) in [5.41, 5.74) is 3.20. The van der Waals surface area contributed by atoms with Crippen LogP contribution in [-0.2, 0) is 25.6 Å². The highest BCUT2D eigenvalue weighted by molar-refractivity contribution is 5.81. The lowest BCUT2D eigenvalue weighted by molar-refractivity contribution is -0.0395. The summed E-state index contributed by atoms with van der Waals surface area (Å²) in [4.78, 5) is 24.1. The van der Waals surface area contributed by atoms with Gasteiger partial charge in [0.05, 0.1) is 73.6 Å². The fourth-order valence-electron chi connectivity index (χ4n) is 6.91. The molecule has 2 atom stereocenters. The first-order valence-corrected chi connectivity index (χ1v) is 19.7. The highest BCUT2D eigenvalue weighted by Crippen LogP contribution is 2.30. The Morgan fingerprint density at radius 3 is 2.46 bits per heavy atom. The highest BCUT2D eigenvalue weighted by Gasteiger charge is 2.30. The topological polar surface area (TPSA) is 163 Å². The average Bonchev–Trinajstić information content (AvgIpc) is 3.92. The van der Waals surface area contributed by atoms with Crippen LogP contribution in [0.15, 0.2) is 67.3 Å². The number of hydrogen-bond donors (Lipinski definition) is 3. The Kier molecular flexibility index (Phi) is 13.1. The van der Waals surface area contributed by atoms with E-state index in [0.29, 0.717) is 35.8 Å². The van der Waals surface area contributed by atoms with E-state index >= 15 is 4.39 Å². The predicted octanol–water partition coefficient (Wildman–Crippen LogP) is 6.20. The number of anilines is 2. The number of amides is 1. The number of rotatable bonds is 9. The maximum absolute atomic E-state index is 15.2. The smallest absolute Gasteiger partial charge is 0.410 e. The average molecular weight is 786 g/mol. The molecule has 3 saturated heterocycles. The molecule has 57 heavy (non-hydrogen) atoms. The van der Waals surface area contributed by atoms with Crippen LogP contribution >= 0.6 is 0 Å². The number of likely N-dealkylation sites (tertiary alicyclic amines) is 1. The minimum Gasteiger partial charge on any atom is -0.444 e. The third-order valence-corrected chi connectivity index (χ3v) is 9.88. The van der Waals surface area contributed by atoms with Crippen LogP contribution in [0.4, 0.5) is 20.7 Å². The van der Waals surface area contributed by atoms with Crippen molar-refractivity contribution in [2.45, 2.75) is 83.4 Å². The molecular formula is C41H52FN9O6. The van der Waals surface area contributed by atoms with Gasteiger partial charge in [0.2, 0.25) is 0 Å². The Bertz CT molecular complexity index is 2070. The first-order chi connectivity index (χ1) is 27.6. The van der Waals surface area contributed by atoms with E-state index in [2.05, 4.69) is 20.7 Å². The summed E-state index contributed by atoms with van der Waals surface area (Å²) < 4.78 is 40.1. The van der Waals surface area contributed by atoms with E-state index < -0.39 is 11.4 Å². The second-order valence-corrected chi connectivity index (χ2v) is 15.3. The standard InChI is InChI=1S/C37H44FN9O4.C4H8O2/c1-37(2,3)51-36(49)45-14-11-26(12-15-45)41-35(25-21-40-47(22-25)34-6-4-5-17-50-34)31-9-7-24-20-39-33(19-32(24)42-31)43-30-10-8-28(18-29(30)38)46-16-13-27(23-48)44-46;1-2-6-4-3-5-1/h7-10,13,16,18-22,26,34-35,41,48H,4-6,11-12,14-15,17,23H2,1-3H3,(H,39,43);1-4H2. The normalized spacial score (nSPS) is 18.5. The number of aliphatic hydroxyl groups is 1. The van der Waals surface area contributed by atoms with Crippen molar-refractivity contribution in [3.05, 3.63) is 90.0 Å². The first kappa shape index (κ1) is 40.2.